The number of carbonyl (C=O) groups is 4. The monoisotopic (exact) mass is 1320 g/mol. The number of carbonyl (C=O) groups excluding carboxylic acids is 4. The summed E-state index contributed by atoms with van der Waals surface area (Å²) in [6.07, 6.45) is 51.3. The number of ether oxygens (including phenoxy) is 4. The Morgan fingerprint density at radius 2 is 0.511 bits per heavy atom. The van der Waals surface area contributed by atoms with Crippen LogP contribution < -0.4 is 0 Å². The van der Waals surface area contributed by atoms with Gasteiger partial charge in [0, 0.05) is 25.7 Å². The van der Waals surface area contributed by atoms with Crippen LogP contribution in [0.1, 0.15) is 369 Å². The topological polar surface area (TPSA) is 237 Å². The summed E-state index contributed by atoms with van der Waals surface area (Å²) in [6, 6.07) is 0. The van der Waals surface area contributed by atoms with Gasteiger partial charge in [0.15, 0.2) is 12.2 Å². The standard InChI is InChI=1S/C71H138O17P2/c1-6-9-12-15-18-21-23-24-25-26-27-28-33-37-42-47-52-57-71(76)88-67(61-82-69(74)55-50-45-40-36-32-30-29-31-34-38-43-48-53-64(4)5)63-86-90(79,80)84-59-65(72)58-83-89(77,78)85-62-66(60-81-68(73)54-49-44-39-20-17-14-11-8-3)87-70(75)56-51-46-41-35-22-19-16-13-10-7-2/h64-67,72H,6-63H2,1-5H3,(H,77,78)(H,79,80)/t65-,66+,67+/m0/s1. The fourth-order valence-corrected chi connectivity index (χ4v) is 12.4. The Morgan fingerprint density at radius 3 is 0.756 bits per heavy atom. The number of esters is 4. The van der Waals surface area contributed by atoms with Gasteiger partial charge in [-0.25, -0.2) is 9.13 Å². The Bertz CT molecular complexity index is 1740. The minimum atomic E-state index is -4.95. The van der Waals surface area contributed by atoms with Crippen molar-refractivity contribution in [2.45, 2.75) is 387 Å². The number of hydrogen-bond donors (Lipinski definition) is 3. The number of hydrogen-bond acceptors (Lipinski definition) is 15. The largest absolute Gasteiger partial charge is 0.472 e. The van der Waals surface area contributed by atoms with Crippen molar-refractivity contribution in [1.82, 2.24) is 0 Å². The summed E-state index contributed by atoms with van der Waals surface area (Å²) < 4.78 is 68.2. The lowest BCUT2D eigenvalue weighted by Gasteiger charge is -2.21. The van der Waals surface area contributed by atoms with Crippen LogP contribution in [0.15, 0.2) is 0 Å². The van der Waals surface area contributed by atoms with E-state index in [4.69, 9.17) is 37.0 Å². The van der Waals surface area contributed by atoms with E-state index in [0.29, 0.717) is 25.7 Å². The van der Waals surface area contributed by atoms with Crippen LogP contribution in [0.3, 0.4) is 0 Å². The highest BCUT2D eigenvalue weighted by Crippen LogP contribution is 2.45. The average molecular weight is 1330 g/mol. The zero-order chi connectivity index (χ0) is 66.3. The lowest BCUT2D eigenvalue weighted by atomic mass is 10.0. The number of aliphatic hydroxyl groups is 1. The van der Waals surface area contributed by atoms with Crippen LogP contribution >= 0.6 is 15.6 Å². The summed E-state index contributed by atoms with van der Waals surface area (Å²) in [4.78, 5) is 72.5. The molecule has 0 saturated carbocycles. The van der Waals surface area contributed by atoms with Crippen LogP contribution in [-0.2, 0) is 65.4 Å². The van der Waals surface area contributed by atoms with Crippen molar-refractivity contribution in [3.05, 3.63) is 0 Å². The first kappa shape index (κ1) is 88.1. The first-order valence-corrected chi connectivity index (χ1v) is 40.1. The first-order chi connectivity index (χ1) is 43.5. The summed E-state index contributed by atoms with van der Waals surface area (Å²) in [5, 5.41) is 10.6. The summed E-state index contributed by atoms with van der Waals surface area (Å²) >= 11 is 0. The molecule has 3 N–H and O–H groups in total. The molecule has 0 aromatic heterocycles. The van der Waals surface area contributed by atoms with Crippen LogP contribution in [-0.4, -0.2) is 96.7 Å². The van der Waals surface area contributed by atoms with Crippen LogP contribution in [0, 0.1) is 5.92 Å². The number of phosphoric ester groups is 2. The van der Waals surface area contributed by atoms with E-state index < -0.39 is 97.5 Å². The maximum absolute atomic E-state index is 13.0. The molecule has 0 bridgehead atoms. The molecule has 0 heterocycles. The molecular weight excluding hydrogens is 1190 g/mol. The number of phosphoric acid groups is 2. The van der Waals surface area contributed by atoms with Crippen LogP contribution in [0.2, 0.25) is 0 Å². The van der Waals surface area contributed by atoms with Crippen molar-refractivity contribution in [2.24, 2.45) is 5.92 Å². The van der Waals surface area contributed by atoms with Gasteiger partial charge >= 0.3 is 39.5 Å². The van der Waals surface area contributed by atoms with E-state index in [1.807, 2.05) is 0 Å². The van der Waals surface area contributed by atoms with Gasteiger partial charge in [-0.15, -0.1) is 0 Å². The molecule has 534 valence electrons. The highest BCUT2D eigenvalue weighted by molar-refractivity contribution is 7.47. The predicted molar refractivity (Wildman–Crippen MR) is 363 cm³/mol. The minimum Gasteiger partial charge on any atom is -0.462 e. The average Bonchev–Trinajstić information content (AvgIpc) is 3.71. The summed E-state index contributed by atoms with van der Waals surface area (Å²) in [5.41, 5.74) is 0. The summed E-state index contributed by atoms with van der Waals surface area (Å²) in [7, 11) is -9.89. The summed E-state index contributed by atoms with van der Waals surface area (Å²) in [5.74, 6) is -1.34. The van der Waals surface area contributed by atoms with Gasteiger partial charge < -0.3 is 33.8 Å². The maximum Gasteiger partial charge on any atom is 0.472 e. The van der Waals surface area contributed by atoms with Gasteiger partial charge in [-0.2, -0.15) is 0 Å². The highest BCUT2D eigenvalue weighted by atomic mass is 31.2. The molecule has 0 aliphatic heterocycles. The molecule has 0 radical (unpaired) electrons. The second-order valence-electron chi connectivity index (χ2n) is 26.1. The van der Waals surface area contributed by atoms with Crippen molar-refractivity contribution in [1.29, 1.82) is 0 Å². The molecular formula is C71H138O17P2. The van der Waals surface area contributed by atoms with Crippen LogP contribution in [0.25, 0.3) is 0 Å². The molecule has 5 atom stereocenters. The van der Waals surface area contributed by atoms with Gasteiger partial charge in [-0.3, -0.25) is 37.3 Å². The number of unbranched alkanes of at least 4 members (excludes halogenated alkanes) is 43. The molecule has 17 nitrogen and oxygen atoms in total. The second-order valence-corrected chi connectivity index (χ2v) is 29.0. The summed E-state index contributed by atoms with van der Waals surface area (Å²) in [6.45, 7) is 7.24. The molecule has 2 unspecified atom stereocenters. The van der Waals surface area contributed by atoms with Crippen molar-refractivity contribution >= 4 is 39.5 Å². The molecule has 0 aliphatic carbocycles. The Hall–Kier alpha value is -1.94. The SMILES string of the molecule is CCCCCCCCCCCCCCCCCCCC(=O)O[C@H](COC(=O)CCCCCCCCCCCCCCC(C)C)COP(=O)(O)OC[C@@H](O)COP(=O)(O)OC[C@@H](COC(=O)CCCCCCCCCC)OC(=O)CCCCCCCCCCCC. The molecule has 90 heavy (non-hydrogen) atoms. The molecule has 0 fully saturated rings. The van der Waals surface area contributed by atoms with Crippen molar-refractivity contribution in [2.75, 3.05) is 39.6 Å². The van der Waals surface area contributed by atoms with Crippen LogP contribution in [0.4, 0.5) is 0 Å². The van der Waals surface area contributed by atoms with Crippen molar-refractivity contribution in [3.63, 3.8) is 0 Å². The Kier molecular flexibility index (Phi) is 63.0. The molecule has 0 rings (SSSR count). The fourth-order valence-electron chi connectivity index (χ4n) is 10.8. The van der Waals surface area contributed by atoms with Crippen molar-refractivity contribution in [3.8, 4) is 0 Å². The van der Waals surface area contributed by atoms with Gasteiger partial charge in [-0.1, -0.05) is 317 Å². The lowest BCUT2D eigenvalue weighted by Crippen LogP contribution is -2.30. The van der Waals surface area contributed by atoms with Gasteiger partial charge in [-0.05, 0) is 31.6 Å². The molecule has 0 aromatic rings. The molecule has 0 amide bonds. The molecule has 0 aromatic carbocycles. The van der Waals surface area contributed by atoms with Gasteiger partial charge in [0.25, 0.3) is 0 Å². The van der Waals surface area contributed by atoms with E-state index in [2.05, 4.69) is 34.6 Å². The Morgan fingerprint density at radius 1 is 0.300 bits per heavy atom. The van der Waals surface area contributed by atoms with Gasteiger partial charge in [0.2, 0.25) is 0 Å². The zero-order valence-corrected chi connectivity index (χ0v) is 60.1. The van der Waals surface area contributed by atoms with Crippen LogP contribution in [0.5, 0.6) is 0 Å². The Labute approximate surface area is 549 Å². The normalized spacial score (nSPS) is 14.1. The molecule has 0 aliphatic rings. The predicted octanol–water partition coefficient (Wildman–Crippen LogP) is 20.5. The first-order valence-electron chi connectivity index (χ1n) is 37.1. The number of aliphatic hydroxyl groups excluding tert-OH is 1. The Balaban J connectivity index is 5.20. The van der Waals surface area contributed by atoms with E-state index in [0.717, 1.165) is 102 Å². The fraction of sp³-hybridized carbons (Fsp3) is 0.944. The van der Waals surface area contributed by atoms with Crippen molar-refractivity contribution < 1.29 is 80.2 Å². The lowest BCUT2D eigenvalue weighted by molar-refractivity contribution is -0.161. The molecule has 0 spiro atoms. The molecule has 19 heteroatoms. The molecule has 0 saturated heterocycles. The smallest absolute Gasteiger partial charge is 0.462 e. The zero-order valence-electron chi connectivity index (χ0n) is 58.3. The minimum absolute atomic E-state index is 0.106. The third kappa shape index (κ3) is 64.8. The van der Waals surface area contributed by atoms with E-state index in [-0.39, 0.29) is 25.7 Å². The van der Waals surface area contributed by atoms with E-state index in [1.165, 1.54) is 186 Å². The second kappa shape index (κ2) is 64.4. The van der Waals surface area contributed by atoms with Gasteiger partial charge in [0.1, 0.15) is 19.3 Å². The number of rotatable bonds is 71. The quantitative estimate of drug-likeness (QED) is 0.0222. The maximum atomic E-state index is 13.0. The third-order valence-electron chi connectivity index (χ3n) is 16.5. The highest BCUT2D eigenvalue weighted by Gasteiger charge is 2.30. The van der Waals surface area contributed by atoms with E-state index >= 15 is 0 Å². The van der Waals surface area contributed by atoms with E-state index in [9.17, 15) is 43.2 Å². The van der Waals surface area contributed by atoms with Gasteiger partial charge in [0.05, 0.1) is 26.4 Å². The van der Waals surface area contributed by atoms with E-state index in [1.54, 1.807) is 0 Å². The third-order valence-corrected chi connectivity index (χ3v) is 18.4.